The van der Waals surface area contributed by atoms with Gasteiger partial charge in [0, 0.05) is 18.3 Å². The van der Waals surface area contributed by atoms with Crippen molar-refractivity contribution in [3.8, 4) is 11.4 Å². The summed E-state index contributed by atoms with van der Waals surface area (Å²) < 4.78 is 0. The van der Waals surface area contributed by atoms with Crippen LogP contribution < -0.4 is 9.80 Å². The van der Waals surface area contributed by atoms with E-state index in [1.807, 2.05) is 20.0 Å². The Morgan fingerprint density at radius 1 is 0.857 bits per heavy atom. The van der Waals surface area contributed by atoms with E-state index in [2.05, 4.69) is 101 Å². The molecule has 0 radical (unpaired) electrons. The van der Waals surface area contributed by atoms with Crippen LogP contribution >= 0.6 is 0 Å². The van der Waals surface area contributed by atoms with E-state index in [1.165, 1.54) is 27.9 Å². The van der Waals surface area contributed by atoms with Crippen molar-refractivity contribution in [2.75, 3.05) is 16.8 Å². The predicted molar refractivity (Wildman–Crippen MR) is 152 cm³/mol. The molecule has 188 valence electrons. The Hall–Kier alpha value is -2.88. The molecule has 1 aliphatic rings. The van der Waals surface area contributed by atoms with Crippen LogP contribution in [0.1, 0.15) is 96.8 Å². The van der Waals surface area contributed by atoms with E-state index in [0.717, 1.165) is 36.6 Å². The largest absolute Gasteiger partial charge is 0.337 e. The molecule has 1 aromatic heterocycles. The highest BCUT2D eigenvalue weighted by Gasteiger charge is 2.36. The number of nitrogens with zero attached hydrogens (tertiary/aromatic N) is 4. The number of rotatable bonds is 7. The quantitative estimate of drug-likeness (QED) is 0.344. The molecule has 4 rings (SSSR count). The predicted octanol–water partition coefficient (Wildman–Crippen LogP) is 8.69. The van der Waals surface area contributed by atoms with Crippen LogP contribution in [-0.4, -0.2) is 23.2 Å². The van der Waals surface area contributed by atoms with Gasteiger partial charge in [-0.2, -0.15) is 0 Å². The van der Waals surface area contributed by atoms with Crippen LogP contribution in [0.4, 0.5) is 17.2 Å². The minimum Gasteiger partial charge on any atom is -0.337 e. The molecule has 3 aromatic rings. The second kappa shape index (κ2) is 11.7. The van der Waals surface area contributed by atoms with Gasteiger partial charge in [-0.3, -0.25) is 0 Å². The summed E-state index contributed by atoms with van der Waals surface area (Å²) >= 11 is 0. The molecule has 0 fully saturated rings. The van der Waals surface area contributed by atoms with E-state index in [4.69, 9.17) is 9.97 Å². The van der Waals surface area contributed by atoms with E-state index in [9.17, 15) is 0 Å². The summed E-state index contributed by atoms with van der Waals surface area (Å²) in [4.78, 5) is 15.0. The fourth-order valence-corrected chi connectivity index (χ4v) is 5.17. The molecule has 0 bridgehead atoms. The Balaban J connectivity index is 0.00000167. The average Bonchev–Trinajstić information content (AvgIpc) is 3.15. The standard InChI is InChI=1S/C29H38N4.C2H6/c1-8-13-21-14-10-11-17-24(21)33-25-18-30-28(31-29(25)32(7)26(33)9-2)27-22(19(3)4)15-12-16-23(27)20(5)6;1-2/h10-12,14-20,26H,8-9,13H2,1-7H3;1-2H3. The summed E-state index contributed by atoms with van der Waals surface area (Å²) in [6.07, 6.45) is 5.48. The van der Waals surface area contributed by atoms with E-state index < -0.39 is 0 Å². The van der Waals surface area contributed by atoms with Crippen molar-refractivity contribution in [3.05, 3.63) is 65.4 Å². The van der Waals surface area contributed by atoms with Gasteiger partial charge in [-0.15, -0.1) is 0 Å². The third-order valence-electron chi connectivity index (χ3n) is 6.82. The lowest BCUT2D eigenvalue weighted by Crippen LogP contribution is -2.38. The third kappa shape index (κ3) is 5.07. The van der Waals surface area contributed by atoms with Crippen molar-refractivity contribution in [3.63, 3.8) is 0 Å². The number of anilines is 3. The highest BCUT2D eigenvalue weighted by atomic mass is 15.4. The second-order valence-electron chi connectivity index (χ2n) is 9.77. The van der Waals surface area contributed by atoms with E-state index >= 15 is 0 Å². The Morgan fingerprint density at radius 3 is 2.06 bits per heavy atom. The molecule has 35 heavy (non-hydrogen) atoms. The van der Waals surface area contributed by atoms with Crippen LogP contribution in [0.25, 0.3) is 11.4 Å². The fourth-order valence-electron chi connectivity index (χ4n) is 5.17. The molecule has 0 saturated carbocycles. The summed E-state index contributed by atoms with van der Waals surface area (Å²) in [5.41, 5.74) is 7.61. The number of fused-ring (bicyclic) bond motifs is 1. The first-order valence-corrected chi connectivity index (χ1v) is 13.5. The summed E-state index contributed by atoms with van der Waals surface area (Å²) in [7, 11) is 2.17. The molecule has 0 N–H and O–H groups in total. The second-order valence-corrected chi connectivity index (χ2v) is 9.77. The number of hydrogen-bond acceptors (Lipinski definition) is 4. The number of hydrogen-bond donors (Lipinski definition) is 0. The number of benzene rings is 2. The molecule has 2 aromatic carbocycles. The lowest BCUT2D eigenvalue weighted by molar-refractivity contribution is 0.642. The zero-order valence-corrected chi connectivity index (χ0v) is 23.3. The lowest BCUT2D eigenvalue weighted by atomic mass is 9.88. The Bertz CT molecular complexity index is 1090. The molecule has 0 saturated heterocycles. The molecule has 1 unspecified atom stereocenters. The van der Waals surface area contributed by atoms with Gasteiger partial charge < -0.3 is 9.80 Å². The summed E-state index contributed by atoms with van der Waals surface area (Å²) in [6, 6.07) is 15.4. The maximum atomic E-state index is 5.21. The van der Waals surface area contributed by atoms with Crippen molar-refractivity contribution >= 4 is 17.2 Å². The molecular weight excluding hydrogens is 428 g/mol. The van der Waals surface area contributed by atoms with Crippen LogP contribution in [0.15, 0.2) is 48.7 Å². The van der Waals surface area contributed by atoms with Crippen LogP contribution in [0.3, 0.4) is 0 Å². The maximum Gasteiger partial charge on any atom is 0.162 e. The topological polar surface area (TPSA) is 32.3 Å². The molecule has 1 aliphatic heterocycles. The Kier molecular flexibility index (Phi) is 8.93. The van der Waals surface area contributed by atoms with E-state index in [0.29, 0.717) is 11.8 Å². The number of aromatic nitrogens is 2. The first-order chi connectivity index (χ1) is 16.9. The molecule has 0 spiro atoms. The van der Waals surface area contributed by atoms with Gasteiger partial charge in [0.25, 0.3) is 0 Å². The zero-order valence-electron chi connectivity index (χ0n) is 23.3. The van der Waals surface area contributed by atoms with Crippen molar-refractivity contribution in [1.82, 2.24) is 9.97 Å². The van der Waals surface area contributed by atoms with Crippen molar-refractivity contribution in [2.45, 2.75) is 92.7 Å². The molecule has 2 heterocycles. The SMILES string of the molecule is CC.CCCc1ccccc1N1c2cnc(-c3c(C(C)C)cccc3C(C)C)nc2N(C)C1CC. The van der Waals surface area contributed by atoms with Crippen LogP contribution in [0, 0.1) is 0 Å². The average molecular weight is 473 g/mol. The van der Waals surface area contributed by atoms with Crippen LogP contribution in [0.2, 0.25) is 0 Å². The van der Waals surface area contributed by atoms with Crippen LogP contribution in [-0.2, 0) is 6.42 Å². The van der Waals surface area contributed by atoms with Gasteiger partial charge in [0.2, 0.25) is 0 Å². The highest BCUT2D eigenvalue weighted by molar-refractivity contribution is 5.83. The molecule has 1 atom stereocenters. The van der Waals surface area contributed by atoms with Gasteiger partial charge in [0.05, 0.1) is 6.20 Å². The molecule has 4 heteroatoms. The Labute approximate surface area is 213 Å². The zero-order chi connectivity index (χ0) is 25.7. The highest BCUT2D eigenvalue weighted by Crippen LogP contribution is 2.45. The van der Waals surface area contributed by atoms with E-state index in [-0.39, 0.29) is 6.17 Å². The van der Waals surface area contributed by atoms with Crippen LogP contribution in [0.5, 0.6) is 0 Å². The van der Waals surface area contributed by atoms with Gasteiger partial charge in [0.15, 0.2) is 11.6 Å². The monoisotopic (exact) mass is 472 g/mol. The summed E-state index contributed by atoms with van der Waals surface area (Å²) in [5.74, 6) is 2.68. The molecule has 0 amide bonds. The van der Waals surface area contributed by atoms with Gasteiger partial charge >= 0.3 is 0 Å². The van der Waals surface area contributed by atoms with E-state index in [1.54, 1.807) is 0 Å². The summed E-state index contributed by atoms with van der Waals surface area (Å²) in [5, 5.41) is 0. The normalized spacial score (nSPS) is 14.9. The third-order valence-corrected chi connectivity index (χ3v) is 6.82. The van der Waals surface area contributed by atoms with Gasteiger partial charge in [-0.05, 0) is 47.4 Å². The van der Waals surface area contributed by atoms with Gasteiger partial charge in [-0.25, -0.2) is 9.97 Å². The minimum atomic E-state index is 0.229. The minimum absolute atomic E-state index is 0.229. The fraction of sp³-hybridized carbons (Fsp3) is 0.484. The Morgan fingerprint density at radius 2 is 1.49 bits per heavy atom. The molecule has 4 nitrogen and oxygen atoms in total. The van der Waals surface area contributed by atoms with Gasteiger partial charge in [-0.1, -0.05) is 98.2 Å². The number of para-hydroxylation sites is 1. The number of aryl methyl sites for hydroxylation is 1. The summed E-state index contributed by atoms with van der Waals surface area (Å²) in [6.45, 7) is 17.5. The van der Waals surface area contributed by atoms with Crippen molar-refractivity contribution in [2.24, 2.45) is 0 Å². The first kappa shape index (κ1) is 26.7. The van der Waals surface area contributed by atoms with Gasteiger partial charge in [0.1, 0.15) is 11.9 Å². The lowest BCUT2D eigenvalue weighted by Gasteiger charge is -2.31. The van der Waals surface area contributed by atoms with Crippen molar-refractivity contribution in [1.29, 1.82) is 0 Å². The first-order valence-electron chi connectivity index (χ1n) is 13.5. The van der Waals surface area contributed by atoms with Crippen molar-refractivity contribution < 1.29 is 0 Å². The smallest absolute Gasteiger partial charge is 0.162 e. The maximum absolute atomic E-state index is 5.21. The molecule has 0 aliphatic carbocycles. The molecular formula is C31H44N4.